The number of rotatable bonds is 36. The normalized spacial score (nSPS) is 10.6. The van der Waals surface area contributed by atoms with Gasteiger partial charge in [0, 0.05) is 25.9 Å². The number of unbranched alkanes of at least 4 members (excludes halogenated alkanes) is 28. The molecule has 0 aliphatic rings. The highest BCUT2D eigenvalue weighted by Crippen LogP contribution is 2.15. The van der Waals surface area contributed by atoms with E-state index in [-0.39, 0.29) is 13.2 Å². The van der Waals surface area contributed by atoms with E-state index in [1.807, 2.05) is 0 Å². The Hall–Kier alpha value is -1.18. The molecule has 0 saturated heterocycles. The van der Waals surface area contributed by atoms with Crippen molar-refractivity contribution in [1.82, 2.24) is 5.32 Å². The number of carbonyl (C=O) groups is 2. The monoisotopic (exact) mass is 674 g/mol. The molecule has 0 fully saturated rings. The van der Waals surface area contributed by atoms with Crippen LogP contribution in [0.5, 0.6) is 0 Å². The van der Waals surface area contributed by atoms with Gasteiger partial charge in [0.1, 0.15) is 0 Å². The maximum absolute atomic E-state index is 10.3. The molecule has 284 valence electrons. The summed E-state index contributed by atoms with van der Waals surface area (Å²) in [6.45, 7) is 5.96. The summed E-state index contributed by atoms with van der Waals surface area (Å²) in [5.41, 5.74) is 0. The summed E-state index contributed by atoms with van der Waals surface area (Å²) in [6.07, 6.45) is 40.4. The van der Waals surface area contributed by atoms with Crippen LogP contribution in [0.1, 0.15) is 219 Å². The molecule has 0 bridgehead atoms. The second-order valence-electron chi connectivity index (χ2n) is 13.4. The van der Waals surface area contributed by atoms with Crippen LogP contribution in [0.2, 0.25) is 0 Å². The van der Waals surface area contributed by atoms with Crippen molar-refractivity contribution in [2.75, 3.05) is 26.3 Å². The zero-order valence-corrected chi connectivity index (χ0v) is 31.6. The summed E-state index contributed by atoms with van der Waals surface area (Å²) in [6, 6.07) is 0. The van der Waals surface area contributed by atoms with E-state index in [1.54, 1.807) is 0 Å². The van der Waals surface area contributed by atoms with Gasteiger partial charge < -0.3 is 25.7 Å². The fraction of sp³-hybridized carbons (Fsp3) is 0.950. The van der Waals surface area contributed by atoms with Crippen molar-refractivity contribution in [2.24, 2.45) is 0 Å². The van der Waals surface area contributed by atoms with E-state index in [0.29, 0.717) is 25.9 Å². The average Bonchev–Trinajstić information content (AvgIpc) is 3.05. The van der Waals surface area contributed by atoms with Crippen molar-refractivity contribution >= 4 is 11.9 Å². The number of aliphatic hydroxyl groups excluding tert-OH is 2. The lowest BCUT2D eigenvalue weighted by atomic mass is 10.0. The molecule has 0 amide bonds. The van der Waals surface area contributed by atoms with E-state index in [4.69, 9.17) is 20.4 Å². The summed E-state index contributed by atoms with van der Waals surface area (Å²) < 4.78 is 0. The number of nitrogens with one attached hydrogen (secondary N) is 1. The topological polar surface area (TPSA) is 127 Å². The highest BCUT2D eigenvalue weighted by molar-refractivity contribution is 5.66. The van der Waals surface area contributed by atoms with E-state index in [0.717, 1.165) is 25.7 Å². The fourth-order valence-electron chi connectivity index (χ4n) is 5.58. The van der Waals surface area contributed by atoms with Gasteiger partial charge in [0.25, 0.3) is 0 Å². The maximum atomic E-state index is 10.3. The van der Waals surface area contributed by atoms with Crippen LogP contribution in [0.3, 0.4) is 0 Å². The molecule has 47 heavy (non-hydrogen) atoms. The van der Waals surface area contributed by atoms with Gasteiger partial charge in [-0.3, -0.25) is 9.59 Å². The zero-order valence-electron chi connectivity index (χ0n) is 31.6. The third-order valence-electron chi connectivity index (χ3n) is 8.57. The zero-order chi connectivity index (χ0) is 35.3. The molecular weight excluding hydrogens is 590 g/mol. The first kappa shape index (κ1) is 50.2. The summed E-state index contributed by atoms with van der Waals surface area (Å²) in [7, 11) is 0. The molecule has 0 radical (unpaired) electrons. The van der Waals surface area contributed by atoms with E-state index >= 15 is 0 Å². The molecule has 7 nitrogen and oxygen atoms in total. The van der Waals surface area contributed by atoms with Gasteiger partial charge in [-0.15, -0.1) is 0 Å². The van der Waals surface area contributed by atoms with Crippen molar-refractivity contribution in [1.29, 1.82) is 0 Å². The molecule has 0 atom stereocenters. The van der Waals surface area contributed by atoms with Gasteiger partial charge in [-0.1, -0.05) is 194 Å². The maximum Gasteiger partial charge on any atom is 0.303 e. The molecule has 0 aromatic heterocycles. The predicted octanol–water partition coefficient (Wildman–Crippen LogP) is 11.2. The number of aliphatic hydroxyl groups is 2. The van der Waals surface area contributed by atoms with Crippen molar-refractivity contribution in [3.05, 3.63) is 0 Å². The van der Waals surface area contributed by atoms with Crippen LogP contribution in [0, 0.1) is 0 Å². The van der Waals surface area contributed by atoms with Crippen molar-refractivity contribution < 1.29 is 30.0 Å². The minimum absolute atomic E-state index is 0.139. The third-order valence-corrected chi connectivity index (χ3v) is 8.57. The van der Waals surface area contributed by atoms with Crippen LogP contribution in [0.15, 0.2) is 0 Å². The molecular formula is C40H83NO6. The average molecular weight is 674 g/mol. The molecule has 0 unspecified atom stereocenters. The lowest BCUT2D eigenvalue weighted by Crippen LogP contribution is -2.21. The standard InChI is InChI=1S/2C18H36O2.C4H11NO2/c2*1-2-3-4-5-6-7-8-9-10-11-12-13-14-15-16-17-18(19)20;6-3-1-5-2-4-7/h2*2-17H2,1H3,(H,19,20);5-7H,1-4H2. The molecule has 0 aromatic rings. The van der Waals surface area contributed by atoms with E-state index in [2.05, 4.69) is 19.2 Å². The Morgan fingerprint density at radius 1 is 0.362 bits per heavy atom. The van der Waals surface area contributed by atoms with E-state index in [9.17, 15) is 9.59 Å². The molecule has 0 saturated carbocycles. The Morgan fingerprint density at radius 3 is 0.723 bits per heavy atom. The van der Waals surface area contributed by atoms with E-state index in [1.165, 1.54) is 167 Å². The molecule has 0 aliphatic carbocycles. The van der Waals surface area contributed by atoms with Crippen molar-refractivity contribution in [2.45, 2.75) is 219 Å². The SMILES string of the molecule is CCCCCCCCCCCCCCCCCC(=O)O.CCCCCCCCCCCCCCCCCC(=O)O.OCCNCCO. The summed E-state index contributed by atoms with van der Waals surface area (Å²) in [5, 5.41) is 36.1. The molecule has 0 rings (SSSR count). The smallest absolute Gasteiger partial charge is 0.303 e. The van der Waals surface area contributed by atoms with Crippen LogP contribution < -0.4 is 5.32 Å². The third kappa shape index (κ3) is 60.6. The number of carboxylic acids is 2. The van der Waals surface area contributed by atoms with Crippen LogP contribution in [-0.4, -0.2) is 58.7 Å². The van der Waals surface area contributed by atoms with Gasteiger partial charge in [0.2, 0.25) is 0 Å². The van der Waals surface area contributed by atoms with Gasteiger partial charge in [-0.2, -0.15) is 0 Å². The summed E-state index contributed by atoms with van der Waals surface area (Å²) in [5.74, 6) is -1.31. The number of hydrogen-bond donors (Lipinski definition) is 5. The highest BCUT2D eigenvalue weighted by Gasteiger charge is 1.98. The highest BCUT2D eigenvalue weighted by atomic mass is 16.4. The number of carboxylic acid groups (broad SMARTS) is 2. The quantitative estimate of drug-likeness (QED) is 0.0419. The van der Waals surface area contributed by atoms with Crippen LogP contribution in [-0.2, 0) is 9.59 Å². The summed E-state index contributed by atoms with van der Waals surface area (Å²) in [4.78, 5) is 20.7. The second-order valence-corrected chi connectivity index (χ2v) is 13.4. The number of hydrogen-bond acceptors (Lipinski definition) is 5. The first-order valence-electron chi connectivity index (χ1n) is 20.3. The van der Waals surface area contributed by atoms with Gasteiger partial charge in [0.05, 0.1) is 13.2 Å². The van der Waals surface area contributed by atoms with Crippen LogP contribution in [0.25, 0.3) is 0 Å². The Labute approximate surface area is 292 Å². The lowest BCUT2D eigenvalue weighted by Gasteiger charge is -2.03. The first-order chi connectivity index (χ1) is 23.0. The predicted molar refractivity (Wildman–Crippen MR) is 201 cm³/mol. The van der Waals surface area contributed by atoms with Crippen LogP contribution >= 0.6 is 0 Å². The molecule has 0 aliphatic heterocycles. The molecule has 0 aromatic carbocycles. The molecule has 0 spiro atoms. The Morgan fingerprint density at radius 2 is 0.553 bits per heavy atom. The molecule has 5 N–H and O–H groups in total. The van der Waals surface area contributed by atoms with Gasteiger partial charge in [-0.05, 0) is 12.8 Å². The second kappa shape index (κ2) is 49.2. The van der Waals surface area contributed by atoms with Gasteiger partial charge in [0.15, 0.2) is 0 Å². The lowest BCUT2D eigenvalue weighted by molar-refractivity contribution is -0.138. The molecule has 0 heterocycles. The fourth-order valence-corrected chi connectivity index (χ4v) is 5.58. The van der Waals surface area contributed by atoms with E-state index < -0.39 is 11.9 Å². The van der Waals surface area contributed by atoms with Gasteiger partial charge >= 0.3 is 11.9 Å². The van der Waals surface area contributed by atoms with Gasteiger partial charge in [-0.25, -0.2) is 0 Å². The van der Waals surface area contributed by atoms with Crippen molar-refractivity contribution in [3.63, 3.8) is 0 Å². The number of aliphatic carboxylic acids is 2. The Bertz CT molecular complexity index is 527. The first-order valence-corrected chi connectivity index (χ1v) is 20.3. The molecule has 7 heteroatoms. The Balaban J connectivity index is -0.000000685. The largest absolute Gasteiger partial charge is 0.481 e. The summed E-state index contributed by atoms with van der Waals surface area (Å²) >= 11 is 0. The minimum atomic E-state index is -0.653. The van der Waals surface area contributed by atoms with Crippen molar-refractivity contribution in [3.8, 4) is 0 Å². The minimum Gasteiger partial charge on any atom is -0.481 e. The van der Waals surface area contributed by atoms with Crippen LogP contribution in [0.4, 0.5) is 0 Å². The Kier molecular flexibility index (Phi) is 52.6.